The standard InChI is InChI=1S/C24H31N3O4/c28-22(26-11-2-1-3-12-26)17-9-13-25(14-10-17)20-8-4-7-19-21(20)24(30)27(23(19)29)16-18-6-5-15-31-18/h4,7-8,17-18H,1-3,5-6,9-16H2/t18-/m1/s1. The third kappa shape index (κ3) is 3.84. The van der Waals surface area contributed by atoms with Crippen LogP contribution in [-0.4, -0.2) is 73.0 Å². The highest BCUT2D eigenvalue weighted by atomic mass is 16.5. The molecule has 3 amide bonds. The van der Waals surface area contributed by atoms with Gasteiger partial charge in [0.05, 0.1) is 29.5 Å². The monoisotopic (exact) mass is 425 g/mol. The first-order valence-corrected chi connectivity index (χ1v) is 11.8. The van der Waals surface area contributed by atoms with Crippen molar-refractivity contribution in [3.63, 3.8) is 0 Å². The molecule has 7 nitrogen and oxygen atoms in total. The lowest BCUT2D eigenvalue weighted by Crippen LogP contribution is -2.44. The molecule has 0 saturated carbocycles. The molecule has 1 atom stereocenters. The number of hydrogen-bond donors (Lipinski definition) is 0. The zero-order valence-electron chi connectivity index (χ0n) is 18.1. The largest absolute Gasteiger partial charge is 0.376 e. The van der Waals surface area contributed by atoms with E-state index in [1.807, 2.05) is 17.0 Å². The van der Waals surface area contributed by atoms with E-state index in [9.17, 15) is 14.4 Å². The summed E-state index contributed by atoms with van der Waals surface area (Å²) in [4.78, 5) is 44.6. The fourth-order valence-corrected chi connectivity index (χ4v) is 5.48. The van der Waals surface area contributed by atoms with Gasteiger partial charge in [-0.3, -0.25) is 19.3 Å². The maximum Gasteiger partial charge on any atom is 0.263 e. The molecular weight excluding hydrogens is 394 g/mol. The van der Waals surface area contributed by atoms with Gasteiger partial charge in [-0.2, -0.15) is 0 Å². The number of amides is 3. The fourth-order valence-electron chi connectivity index (χ4n) is 5.48. The number of rotatable bonds is 4. The predicted molar refractivity (Wildman–Crippen MR) is 116 cm³/mol. The Bertz CT molecular complexity index is 866. The molecule has 0 aliphatic carbocycles. The number of carbonyl (C=O) groups excluding carboxylic acids is 3. The first kappa shape index (κ1) is 20.5. The van der Waals surface area contributed by atoms with Gasteiger partial charge in [0.25, 0.3) is 11.8 Å². The molecule has 3 fully saturated rings. The maximum atomic E-state index is 13.2. The topological polar surface area (TPSA) is 70.2 Å². The molecule has 1 aromatic rings. The molecule has 0 radical (unpaired) electrons. The van der Waals surface area contributed by atoms with Crippen LogP contribution in [0.1, 0.15) is 65.7 Å². The molecule has 5 rings (SSSR count). The molecule has 0 spiro atoms. The molecule has 166 valence electrons. The van der Waals surface area contributed by atoms with Gasteiger partial charge in [-0.1, -0.05) is 6.07 Å². The van der Waals surface area contributed by atoms with Crippen molar-refractivity contribution >= 4 is 23.4 Å². The molecule has 0 N–H and O–H groups in total. The molecule has 4 aliphatic heterocycles. The number of fused-ring (bicyclic) bond motifs is 1. The Balaban J connectivity index is 1.28. The van der Waals surface area contributed by atoms with Crippen molar-refractivity contribution in [2.24, 2.45) is 5.92 Å². The summed E-state index contributed by atoms with van der Waals surface area (Å²) in [7, 11) is 0. The van der Waals surface area contributed by atoms with Crippen LogP contribution in [-0.2, 0) is 9.53 Å². The minimum Gasteiger partial charge on any atom is -0.376 e. The smallest absolute Gasteiger partial charge is 0.263 e. The minimum absolute atomic E-state index is 0.0535. The van der Waals surface area contributed by atoms with Gasteiger partial charge in [-0.15, -0.1) is 0 Å². The van der Waals surface area contributed by atoms with E-state index in [-0.39, 0.29) is 23.8 Å². The Morgan fingerprint density at radius 1 is 0.935 bits per heavy atom. The average molecular weight is 426 g/mol. The van der Waals surface area contributed by atoms with Crippen LogP contribution in [0.25, 0.3) is 0 Å². The van der Waals surface area contributed by atoms with Crippen molar-refractivity contribution in [3.8, 4) is 0 Å². The second-order valence-electron chi connectivity index (χ2n) is 9.20. The van der Waals surface area contributed by atoms with Crippen LogP contribution in [0.4, 0.5) is 5.69 Å². The summed E-state index contributed by atoms with van der Waals surface area (Å²) in [6.45, 7) is 4.27. The highest BCUT2D eigenvalue weighted by Crippen LogP contribution is 2.35. The van der Waals surface area contributed by atoms with Crippen molar-refractivity contribution < 1.29 is 19.1 Å². The van der Waals surface area contributed by atoms with E-state index >= 15 is 0 Å². The Hall–Kier alpha value is -2.41. The summed E-state index contributed by atoms with van der Waals surface area (Å²) in [6.07, 6.45) is 6.84. The molecule has 0 bridgehead atoms. The lowest BCUT2D eigenvalue weighted by molar-refractivity contribution is -0.137. The second kappa shape index (κ2) is 8.61. The first-order chi connectivity index (χ1) is 15.1. The van der Waals surface area contributed by atoms with Crippen molar-refractivity contribution in [1.29, 1.82) is 0 Å². The normalized spacial score (nSPS) is 24.8. The number of ether oxygens (including phenoxy) is 1. The Morgan fingerprint density at radius 2 is 1.71 bits per heavy atom. The van der Waals surface area contributed by atoms with Crippen LogP contribution in [0.3, 0.4) is 0 Å². The van der Waals surface area contributed by atoms with Gasteiger partial charge in [-0.05, 0) is 57.1 Å². The average Bonchev–Trinajstić information content (AvgIpc) is 3.42. The van der Waals surface area contributed by atoms with Crippen LogP contribution in [0.15, 0.2) is 18.2 Å². The lowest BCUT2D eigenvalue weighted by atomic mass is 9.93. The van der Waals surface area contributed by atoms with Gasteiger partial charge in [0, 0.05) is 38.7 Å². The number of likely N-dealkylation sites (tertiary alicyclic amines) is 1. The van der Waals surface area contributed by atoms with Crippen LogP contribution < -0.4 is 4.90 Å². The van der Waals surface area contributed by atoms with Crippen LogP contribution in [0.2, 0.25) is 0 Å². The van der Waals surface area contributed by atoms with Crippen molar-refractivity contribution in [2.75, 3.05) is 44.2 Å². The number of anilines is 1. The molecule has 1 aromatic carbocycles. The quantitative estimate of drug-likeness (QED) is 0.694. The molecule has 4 heterocycles. The molecule has 4 aliphatic rings. The van der Waals surface area contributed by atoms with Gasteiger partial charge in [0.15, 0.2) is 0 Å². The molecule has 31 heavy (non-hydrogen) atoms. The molecule has 3 saturated heterocycles. The van der Waals surface area contributed by atoms with E-state index in [4.69, 9.17) is 4.74 Å². The van der Waals surface area contributed by atoms with E-state index in [0.29, 0.717) is 30.2 Å². The van der Waals surface area contributed by atoms with Crippen LogP contribution in [0.5, 0.6) is 0 Å². The van der Waals surface area contributed by atoms with Crippen molar-refractivity contribution in [1.82, 2.24) is 9.80 Å². The minimum atomic E-state index is -0.215. The summed E-state index contributed by atoms with van der Waals surface area (Å²) >= 11 is 0. The SMILES string of the molecule is O=C(C1CCN(c2cccc3c2C(=O)N(C[C@H]2CCCO2)C3=O)CC1)N1CCCCC1. The summed E-state index contributed by atoms with van der Waals surface area (Å²) in [6, 6.07) is 5.55. The van der Waals surface area contributed by atoms with Gasteiger partial charge in [0.1, 0.15) is 0 Å². The number of hydrogen-bond acceptors (Lipinski definition) is 5. The van der Waals surface area contributed by atoms with Gasteiger partial charge in [0.2, 0.25) is 5.91 Å². The van der Waals surface area contributed by atoms with Gasteiger partial charge >= 0.3 is 0 Å². The highest BCUT2D eigenvalue weighted by molar-refractivity contribution is 6.23. The fraction of sp³-hybridized carbons (Fsp3) is 0.625. The number of benzene rings is 1. The zero-order chi connectivity index (χ0) is 21.4. The maximum absolute atomic E-state index is 13.2. The van der Waals surface area contributed by atoms with E-state index in [1.165, 1.54) is 11.3 Å². The molecule has 7 heteroatoms. The number of piperidine rings is 2. The molecular formula is C24H31N3O4. The predicted octanol–water partition coefficient (Wildman–Crippen LogP) is 2.69. The van der Waals surface area contributed by atoms with Gasteiger partial charge < -0.3 is 14.5 Å². The van der Waals surface area contributed by atoms with Gasteiger partial charge in [-0.25, -0.2) is 0 Å². The highest BCUT2D eigenvalue weighted by Gasteiger charge is 2.40. The summed E-state index contributed by atoms with van der Waals surface area (Å²) in [5.74, 6) is -0.0591. The van der Waals surface area contributed by atoms with E-state index in [1.54, 1.807) is 6.07 Å². The number of carbonyl (C=O) groups is 3. The van der Waals surface area contributed by atoms with E-state index < -0.39 is 0 Å². The second-order valence-corrected chi connectivity index (χ2v) is 9.20. The molecule has 0 aromatic heterocycles. The van der Waals surface area contributed by atoms with E-state index in [0.717, 1.165) is 70.4 Å². The van der Waals surface area contributed by atoms with E-state index in [2.05, 4.69) is 4.90 Å². The lowest BCUT2D eigenvalue weighted by Gasteiger charge is -2.37. The van der Waals surface area contributed by atoms with Crippen LogP contribution in [0, 0.1) is 5.92 Å². The Labute approximate surface area is 183 Å². The Kier molecular flexibility index (Phi) is 5.69. The summed E-state index contributed by atoms with van der Waals surface area (Å²) in [5.41, 5.74) is 1.84. The van der Waals surface area contributed by atoms with Crippen LogP contribution >= 0.6 is 0 Å². The summed E-state index contributed by atoms with van der Waals surface area (Å²) in [5, 5.41) is 0. The molecule has 0 unspecified atom stereocenters. The number of imide groups is 1. The van der Waals surface area contributed by atoms with Crippen molar-refractivity contribution in [3.05, 3.63) is 29.3 Å². The third-order valence-corrected chi connectivity index (χ3v) is 7.24. The number of nitrogens with zero attached hydrogens (tertiary/aromatic N) is 3. The first-order valence-electron chi connectivity index (χ1n) is 11.8. The zero-order valence-corrected chi connectivity index (χ0v) is 18.1. The van der Waals surface area contributed by atoms with Crippen molar-refractivity contribution in [2.45, 2.75) is 51.0 Å². The Morgan fingerprint density at radius 3 is 2.42 bits per heavy atom. The summed E-state index contributed by atoms with van der Waals surface area (Å²) < 4.78 is 5.65. The third-order valence-electron chi connectivity index (χ3n) is 7.24.